The Morgan fingerprint density at radius 3 is 2.94 bits per heavy atom. The summed E-state index contributed by atoms with van der Waals surface area (Å²) in [4.78, 5) is 9.95. The zero-order valence-electron chi connectivity index (χ0n) is 8.92. The number of hydrogen-bond acceptors (Lipinski definition) is 3. The van der Waals surface area contributed by atoms with Crippen LogP contribution in [0.25, 0.3) is 16.3 Å². The summed E-state index contributed by atoms with van der Waals surface area (Å²) in [7, 11) is 0. The Kier molecular flexibility index (Phi) is 2.22. The molecule has 0 atom stereocenters. The molecule has 0 aliphatic heterocycles. The van der Waals surface area contributed by atoms with Crippen molar-refractivity contribution in [2.75, 3.05) is 0 Å². The van der Waals surface area contributed by atoms with Crippen molar-refractivity contribution in [3.8, 4) is 11.4 Å². The van der Waals surface area contributed by atoms with Gasteiger partial charge in [-0.3, -0.25) is 9.38 Å². The van der Waals surface area contributed by atoms with Crippen molar-refractivity contribution in [2.24, 2.45) is 0 Å². The van der Waals surface area contributed by atoms with E-state index in [1.54, 1.807) is 11.3 Å². The van der Waals surface area contributed by atoms with Gasteiger partial charge in [0.15, 0.2) is 4.96 Å². The number of pyridine rings is 1. The van der Waals surface area contributed by atoms with Gasteiger partial charge in [0.2, 0.25) is 0 Å². The molecule has 0 saturated carbocycles. The lowest BCUT2D eigenvalue weighted by molar-refractivity contribution is 1.10. The highest BCUT2D eigenvalue weighted by Crippen LogP contribution is 2.19. The molecule has 0 fully saturated rings. The molecule has 80 valence electrons. The Bertz CT molecular complexity index is 578. The van der Waals surface area contributed by atoms with Crippen molar-refractivity contribution in [2.45, 2.75) is 13.3 Å². The van der Waals surface area contributed by atoms with Crippen LogP contribution in [0.3, 0.4) is 0 Å². The van der Waals surface area contributed by atoms with Crippen molar-refractivity contribution in [3.05, 3.63) is 41.7 Å². The predicted molar refractivity (Wildman–Crippen MR) is 65.7 cm³/mol. The summed E-state index contributed by atoms with van der Waals surface area (Å²) in [6.45, 7) is 2.13. The number of rotatable bonds is 2. The molecule has 3 nitrogen and oxygen atoms in total. The van der Waals surface area contributed by atoms with Gasteiger partial charge in [0.25, 0.3) is 0 Å². The van der Waals surface area contributed by atoms with Gasteiger partial charge in [-0.25, -0.2) is 4.98 Å². The molecular weight excluding hydrogens is 218 g/mol. The minimum absolute atomic E-state index is 0.938. The molecule has 3 rings (SSSR count). The van der Waals surface area contributed by atoms with E-state index in [2.05, 4.69) is 23.0 Å². The highest BCUT2D eigenvalue weighted by Gasteiger charge is 2.05. The quantitative estimate of drug-likeness (QED) is 0.676. The third-order valence-corrected chi connectivity index (χ3v) is 3.36. The lowest BCUT2D eigenvalue weighted by Gasteiger charge is -1.97. The fraction of sp³-hybridized carbons (Fsp3) is 0.167. The average molecular weight is 229 g/mol. The first-order valence-electron chi connectivity index (χ1n) is 5.24. The standard InChI is InChI=1S/C12H11N3S/c1-2-9-3-4-10(13-7-9)11-8-15-5-6-16-12(15)14-11/h3-8H,2H2,1H3. The van der Waals surface area contributed by atoms with Gasteiger partial charge in [-0.1, -0.05) is 13.0 Å². The number of nitrogens with zero attached hydrogens (tertiary/aromatic N) is 3. The van der Waals surface area contributed by atoms with Crippen LogP contribution in [-0.4, -0.2) is 14.4 Å². The maximum atomic E-state index is 4.52. The molecule has 0 amide bonds. The number of fused-ring (bicyclic) bond motifs is 1. The average Bonchev–Trinajstić information content (AvgIpc) is 2.89. The van der Waals surface area contributed by atoms with Gasteiger partial charge in [0.05, 0.1) is 5.69 Å². The molecule has 16 heavy (non-hydrogen) atoms. The zero-order valence-corrected chi connectivity index (χ0v) is 9.74. The van der Waals surface area contributed by atoms with Crippen LogP contribution < -0.4 is 0 Å². The first-order valence-corrected chi connectivity index (χ1v) is 6.12. The molecule has 0 unspecified atom stereocenters. The van der Waals surface area contributed by atoms with Crippen LogP contribution in [0.5, 0.6) is 0 Å². The molecule has 0 aliphatic rings. The summed E-state index contributed by atoms with van der Waals surface area (Å²) >= 11 is 1.63. The fourth-order valence-electron chi connectivity index (χ4n) is 1.64. The van der Waals surface area contributed by atoms with E-state index in [0.29, 0.717) is 0 Å². The smallest absolute Gasteiger partial charge is 0.194 e. The van der Waals surface area contributed by atoms with Crippen molar-refractivity contribution in [3.63, 3.8) is 0 Å². The molecule has 0 saturated heterocycles. The van der Waals surface area contributed by atoms with E-state index in [1.807, 2.05) is 34.4 Å². The van der Waals surface area contributed by atoms with Crippen LogP contribution in [-0.2, 0) is 6.42 Å². The third-order valence-electron chi connectivity index (χ3n) is 2.59. The second-order valence-corrected chi connectivity index (χ2v) is 4.50. The Hall–Kier alpha value is -1.68. The molecule has 3 aromatic rings. The van der Waals surface area contributed by atoms with Crippen molar-refractivity contribution >= 4 is 16.3 Å². The number of aryl methyl sites for hydroxylation is 1. The van der Waals surface area contributed by atoms with E-state index in [0.717, 1.165) is 22.8 Å². The van der Waals surface area contributed by atoms with Crippen molar-refractivity contribution in [1.29, 1.82) is 0 Å². The molecule has 0 bridgehead atoms. The van der Waals surface area contributed by atoms with E-state index in [-0.39, 0.29) is 0 Å². The Balaban J connectivity index is 2.05. The SMILES string of the molecule is CCc1ccc(-c2cn3ccsc3n2)nc1. The molecular formula is C12H11N3S. The van der Waals surface area contributed by atoms with Crippen molar-refractivity contribution < 1.29 is 0 Å². The largest absolute Gasteiger partial charge is 0.297 e. The van der Waals surface area contributed by atoms with Crippen LogP contribution in [0.15, 0.2) is 36.1 Å². The van der Waals surface area contributed by atoms with E-state index < -0.39 is 0 Å². The summed E-state index contributed by atoms with van der Waals surface area (Å²) in [5.41, 5.74) is 3.13. The molecule has 0 radical (unpaired) electrons. The Morgan fingerprint density at radius 1 is 1.31 bits per heavy atom. The van der Waals surface area contributed by atoms with Gasteiger partial charge in [-0.15, -0.1) is 11.3 Å². The van der Waals surface area contributed by atoms with Crippen molar-refractivity contribution in [1.82, 2.24) is 14.4 Å². The second-order valence-electron chi connectivity index (χ2n) is 3.62. The van der Waals surface area contributed by atoms with Gasteiger partial charge in [0.1, 0.15) is 5.69 Å². The van der Waals surface area contributed by atoms with Gasteiger partial charge in [0, 0.05) is 24.0 Å². The van der Waals surface area contributed by atoms with Gasteiger partial charge in [-0.2, -0.15) is 0 Å². The lowest BCUT2D eigenvalue weighted by atomic mass is 10.2. The zero-order chi connectivity index (χ0) is 11.0. The molecule has 0 aromatic carbocycles. The molecule has 0 spiro atoms. The Labute approximate surface area is 97.4 Å². The summed E-state index contributed by atoms with van der Waals surface area (Å²) in [6.07, 6.45) is 6.96. The number of hydrogen-bond donors (Lipinski definition) is 0. The van der Waals surface area contributed by atoms with Gasteiger partial charge >= 0.3 is 0 Å². The van der Waals surface area contributed by atoms with E-state index in [1.165, 1.54) is 5.56 Å². The summed E-state index contributed by atoms with van der Waals surface area (Å²) in [6, 6.07) is 4.14. The Morgan fingerprint density at radius 2 is 2.25 bits per heavy atom. The summed E-state index contributed by atoms with van der Waals surface area (Å²) in [5, 5.41) is 2.03. The molecule has 0 aliphatic carbocycles. The fourth-order valence-corrected chi connectivity index (χ4v) is 2.34. The molecule has 4 heteroatoms. The van der Waals surface area contributed by atoms with E-state index >= 15 is 0 Å². The normalized spacial score (nSPS) is 11.1. The lowest BCUT2D eigenvalue weighted by Crippen LogP contribution is -1.86. The number of imidazole rings is 1. The molecule has 3 heterocycles. The maximum Gasteiger partial charge on any atom is 0.194 e. The predicted octanol–water partition coefficient (Wildman–Crippen LogP) is 3.02. The third kappa shape index (κ3) is 1.51. The van der Waals surface area contributed by atoms with Crippen LogP contribution in [0, 0.1) is 0 Å². The van der Waals surface area contributed by atoms with Crippen LogP contribution in [0.1, 0.15) is 12.5 Å². The monoisotopic (exact) mass is 229 g/mol. The number of aromatic nitrogens is 3. The van der Waals surface area contributed by atoms with E-state index in [9.17, 15) is 0 Å². The minimum atomic E-state index is 0.938. The first-order chi connectivity index (χ1) is 7.86. The maximum absolute atomic E-state index is 4.52. The van der Waals surface area contributed by atoms with Gasteiger partial charge < -0.3 is 0 Å². The number of thiazole rings is 1. The summed E-state index contributed by atoms with van der Waals surface area (Å²) < 4.78 is 2.02. The van der Waals surface area contributed by atoms with Crippen LogP contribution >= 0.6 is 11.3 Å². The molecule has 0 N–H and O–H groups in total. The van der Waals surface area contributed by atoms with Crippen LogP contribution in [0.2, 0.25) is 0 Å². The highest BCUT2D eigenvalue weighted by molar-refractivity contribution is 7.15. The van der Waals surface area contributed by atoms with Gasteiger partial charge in [-0.05, 0) is 18.1 Å². The topological polar surface area (TPSA) is 30.2 Å². The first kappa shape index (κ1) is 9.54. The summed E-state index contributed by atoms with van der Waals surface area (Å²) in [5.74, 6) is 0. The highest BCUT2D eigenvalue weighted by atomic mass is 32.1. The van der Waals surface area contributed by atoms with Crippen LogP contribution in [0.4, 0.5) is 0 Å². The molecule has 3 aromatic heterocycles. The minimum Gasteiger partial charge on any atom is -0.297 e. The second kappa shape index (κ2) is 3.72. The van der Waals surface area contributed by atoms with E-state index in [4.69, 9.17) is 0 Å².